The van der Waals surface area contributed by atoms with Crippen LogP contribution in [0.3, 0.4) is 0 Å². The van der Waals surface area contributed by atoms with E-state index >= 15 is 0 Å². The van der Waals surface area contributed by atoms with E-state index in [1.807, 2.05) is 4.90 Å². The zero-order valence-electron chi connectivity index (χ0n) is 15.7. The first-order chi connectivity index (χ1) is 13.9. The van der Waals surface area contributed by atoms with Crippen molar-refractivity contribution in [2.75, 3.05) is 29.9 Å². The van der Waals surface area contributed by atoms with E-state index in [4.69, 9.17) is 16.3 Å². The lowest BCUT2D eigenvalue weighted by atomic mass is 9.92. The predicted octanol–water partition coefficient (Wildman–Crippen LogP) is 3.91. The van der Waals surface area contributed by atoms with Crippen molar-refractivity contribution in [1.29, 1.82) is 0 Å². The number of hydrogen-bond donors (Lipinski definition) is 2. The molecule has 0 atom stereocenters. The molecule has 29 heavy (non-hydrogen) atoms. The standard InChI is InChI=1S/C21H21ClF2N2O3/c22-14-2-1-3-16(24)20(14)26-10-8-21(28,9-11-26)12-29-17-6-5-15(23)19-13(17)4-7-18(27)25-19/h1-3,5-6,28H,4,7-12H2,(H,25,27). The van der Waals surface area contributed by atoms with E-state index in [1.165, 1.54) is 18.2 Å². The average molecular weight is 423 g/mol. The fourth-order valence-electron chi connectivity index (χ4n) is 3.85. The molecular formula is C21H21ClF2N2O3. The van der Waals surface area contributed by atoms with Crippen molar-refractivity contribution in [2.24, 2.45) is 0 Å². The molecule has 1 saturated heterocycles. The van der Waals surface area contributed by atoms with Crippen LogP contribution in [0.2, 0.25) is 5.02 Å². The second-order valence-electron chi connectivity index (χ2n) is 7.52. The van der Waals surface area contributed by atoms with Crippen molar-refractivity contribution >= 4 is 28.9 Å². The summed E-state index contributed by atoms with van der Waals surface area (Å²) in [6.45, 7) is 0.883. The summed E-state index contributed by atoms with van der Waals surface area (Å²) in [4.78, 5) is 13.4. The second-order valence-corrected chi connectivity index (χ2v) is 7.92. The summed E-state index contributed by atoms with van der Waals surface area (Å²) in [5.74, 6) is -0.672. The molecule has 0 bridgehead atoms. The highest BCUT2D eigenvalue weighted by Crippen LogP contribution is 2.36. The van der Waals surface area contributed by atoms with Gasteiger partial charge in [0.25, 0.3) is 0 Å². The molecule has 2 heterocycles. The van der Waals surface area contributed by atoms with Gasteiger partial charge in [-0.2, -0.15) is 0 Å². The van der Waals surface area contributed by atoms with Crippen LogP contribution in [0.5, 0.6) is 5.75 Å². The van der Waals surface area contributed by atoms with Crippen LogP contribution in [0.4, 0.5) is 20.2 Å². The molecule has 0 aromatic heterocycles. The number of benzene rings is 2. The minimum Gasteiger partial charge on any atom is -0.490 e. The van der Waals surface area contributed by atoms with Crippen LogP contribution >= 0.6 is 11.6 Å². The molecule has 0 radical (unpaired) electrons. The summed E-state index contributed by atoms with van der Waals surface area (Å²) in [7, 11) is 0. The fraction of sp³-hybridized carbons (Fsp3) is 0.381. The van der Waals surface area contributed by atoms with Gasteiger partial charge < -0.3 is 20.1 Å². The van der Waals surface area contributed by atoms with Gasteiger partial charge in [-0.05, 0) is 43.5 Å². The van der Waals surface area contributed by atoms with Gasteiger partial charge >= 0.3 is 0 Å². The number of amides is 1. The predicted molar refractivity (Wildman–Crippen MR) is 107 cm³/mol. The first-order valence-electron chi connectivity index (χ1n) is 9.52. The molecule has 154 valence electrons. The first kappa shape index (κ1) is 19.9. The number of fused-ring (bicyclic) bond motifs is 1. The van der Waals surface area contributed by atoms with Gasteiger partial charge in [0.15, 0.2) is 0 Å². The summed E-state index contributed by atoms with van der Waals surface area (Å²) in [6.07, 6.45) is 1.39. The average Bonchev–Trinajstić information content (AvgIpc) is 2.69. The van der Waals surface area contributed by atoms with Crippen LogP contribution in [-0.2, 0) is 11.2 Å². The Kier molecular flexibility index (Phi) is 5.36. The van der Waals surface area contributed by atoms with Crippen LogP contribution < -0.4 is 15.0 Å². The highest BCUT2D eigenvalue weighted by atomic mass is 35.5. The smallest absolute Gasteiger partial charge is 0.224 e. The minimum absolute atomic E-state index is 0.0257. The number of anilines is 2. The molecule has 0 unspecified atom stereocenters. The molecule has 0 saturated carbocycles. The topological polar surface area (TPSA) is 61.8 Å². The zero-order chi connectivity index (χ0) is 20.6. The summed E-state index contributed by atoms with van der Waals surface area (Å²) < 4.78 is 34.0. The third-order valence-corrected chi connectivity index (χ3v) is 5.83. The number of piperidine rings is 1. The molecule has 2 aromatic carbocycles. The van der Waals surface area contributed by atoms with Crippen molar-refractivity contribution in [3.05, 3.63) is 52.6 Å². The van der Waals surface area contributed by atoms with E-state index in [0.29, 0.717) is 54.4 Å². The summed E-state index contributed by atoms with van der Waals surface area (Å²) in [6, 6.07) is 7.32. The van der Waals surface area contributed by atoms with E-state index in [9.17, 15) is 18.7 Å². The lowest BCUT2D eigenvalue weighted by Crippen LogP contribution is -2.48. The molecule has 0 spiro atoms. The molecule has 5 nitrogen and oxygen atoms in total. The van der Waals surface area contributed by atoms with Crippen molar-refractivity contribution < 1.29 is 23.4 Å². The first-order valence-corrected chi connectivity index (χ1v) is 9.89. The van der Waals surface area contributed by atoms with Crippen LogP contribution in [0.1, 0.15) is 24.8 Å². The molecule has 2 aliphatic heterocycles. The maximum atomic E-state index is 14.1. The Morgan fingerprint density at radius 2 is 1.90 bits per heavy atom. The van der Waals surface area contributed by atoms with Crippen molar-refractivity contribution in [2.45, 2.75) is 31.3 Å². The molecule has 8 heteroatoms. The number of aliphatic hydroxyl groups is 1. The monoisotopic (exact) mass is 422 g/mol. The van der Waals surface area contributed by atoms with E-state index in [2.05, 4.69) is 5.32 Å². The molecule has 2 aromatic rings. The molecular weight excluding hydrogens is 402 g/mol. The van der Waals surface area contributed by atoms with Gasteiger partial charge in [0.05, 0.1) is 16.4 Å². The third-order valence-electron chi connectivity index (χ3n) is 5.53. The van der Waals surface area contributed by atoms with E-state index in [1.54, 1.807) is 12.1 Å². The third kappa shape index (κ3) is 4.02. The lowest BCUT2D eigenvalue weighted by Gasteiger charge is -2.39. The number of halogens is 3. The number of nitrogens with one attached hydrogen (secondary N) is 1. The van der Waals surface area contributed by atoms with Gasteiger partial charge in [0, 0.05) is 25.1 Å². The number of para-hydroxylation sites is 1. The number of hydrogen-bond acceptors (Lipinski definition) is 4. The second kappa shape index (κ2) is 7.80. The quantitative estimate of drug-likeness (QED) is 0.784. The van der Waals surface area contributed by atoms with Gasteiger partial charge in [-0.25, -0.2) is 8.78 Å². The Bertz CT molecular complexity index is 926. The van der Waals surface area contributed by atoms with Crippen LogP contribution in [-0.4, -0.2) is 36.3 Å². The van der Waals surface area contributed by atoms with Crippen molar-refractivity contribution in [1.82, 2.24) is 0 Å². The maximum absolute atomic E-state index is 14.1. The van der Waals surface area contributed by atoms with Crippen molar-refractivity contribution in [3.8, 4) is 5.75 Å². The van der Waals surface area contributed by atoms with E-state index in [-0.39, 0.29) is 30.4 Å². The zero-order valence-corrected chi connectivity index (χ0v) is 16.4. The SMILES string of the molecule is O=C1CCc2c(OCC3(O)CCN(c4c(F)cccc4Cl)CC3)ccc(F)c2N1. The number of rotatable bonds is 4. The van der Waals surface area contributed by atoms with E-state index in [0.717, 1.165) is 0 Å². The summed E-state index contributed by atoms with van der Waals surface area (Å²) in [5, 5.41) is 13.8. The number of carbonyl (C=O) groups excluding carboxylic acids is 1. The number of nitrogens with zero attached hydrogens (tertiary/aromatic N) is 1. The Hall–Kier alpha value is -2.38. The van der Waals surface area contributed by atoms with Gasteiger partial charge in [-0.15, -0.1) is 0 Å². The van der Waals surface area contributed by atoms with Crippen LogP contribution in [0.25, 0.3) is 0 Å². The minimum atomic E-state index is -1.09. The van der Waals surface area contributed by atoms with Gasteiger partial charge in [0.2, 0.25) is 5.91 Å². The van der Waals surface area contributed by atoms with Gasteiger partial charge in [0.1, 0.15) is 29.6 Å². The number of carbonyl (C=O) groups is 1. The van der Waals surface area contributed by atoms with E-state index < -0.39 is 11.4 Å². The fourth-order valence-corrected chi connectivity index (χ4v) is 4.14. The highest BCUT2D eigenvalue weighted by molar-refractivity contribution is 6.33. The normalized spacial score (nSPS) is 18.2. The molecule has 4 rings (SSSR count). The summed E-state index contributed by atoms with van der Waals surface area (Å²) in [5.41, 5.74) is 0.00644. The Balaban J connectivity index is 1.43. The molecule has 0 aliphatic carbocycles. The molecule has 1 fully saturated rings. The molecule has 1 amide bonds. The maximum Gasteiger partial charge on any atom is 0.224 e. The van der Waals surface area contributed by atoms with Crippen LogP contribution in [0, 0.1) is 11.6 Å². The van der Waals surface area contributed by atoms with Gasteiger partial charge in [-0.1, -0.05) is 17.7 Å². The van der Waals surface area contributed by atoms with Crippen molar-refractivity contribution in [3.63, 3.8) is 0 Å². The Morgan fingerprint density at radius 3 is 2.62 bits per heavy atom. The largest absolute Gasteiger partial charge is 0.490 e. The van der Waals surface area contributed by atoms with Crippen LogP contribution in [0.15, 0.2) is 30.3 Å². The lowest BCUT2D eigenvalue weighted by molar-refractivity contribution is -0.116. The Labute approximate surface area is 172 Å². The molecule has 2 N–H and O–H groups in total. The summed E-state index contributed by atoms with van der Waals surface area (Å²) >= 11 is 6.14. The Morgan fingerprint density at radius 1 is 1.14 bits per heavy atom. The van der Waals surface area contributed by atoms with Gasteiger partial charge in [-0.3, -0.25) is 4.79 Å². The number of ether oxygens (including phenoxy) is 1. The molecule has 2 aliphatic rings. The highest BCUT2D eigenvalue weighted by Gasteiger charge is 2.35.